The molecule has 1 aromatic carbocycles. The fourth-order valence-corrected chi connectivity index (χ4v) is 1.94. The van der Waals surface area contributed by atoms with E-state index in [1.807, 2.05) is 19.1 Å². The van der Waals surface area contributed by atoms with Crippen LogP contribution in [0.5, 0.6) is 0 Å². The zero-order valence-electron chi connectivity index (χ0n) is 10.7. The second-order valence-corrected chi connectivity index (χ2v) is 4.48. The topological polar surface area (TPSA) is 21.3 Å². The standard InChI is InChI=1S/C14H22ClNO/c1-3-16-11-13(9-10-17-4-2)12-5-7-14(15)8-6-12/h5-8,13,16H,3-4,9-11H2,1-2H3. The number of nitrogens with one attached hydrogen (secondary N) is 1. The van der Waals surface area contributed by atoms with Crippen molar-refractivity contribution in [3.05, 3.63) is 34.9 Å². The van der Waals surface area contributed by atoms with Crippen LogP contribution in [0.25, 0.3) is 0 Å². The molecule has 0 amide bonds. The minimum absolute atomic E-state index is 0.499. The Morgan fingerprint density at radius 2 is 1.94 bits per heavy atom. The van der Waals surface area contributed by atoms with Gasteiger partial charge in [-0.05, 0) is 43.5 Å². The fourth-order valence-electron chi connectivity index (χ4n) is 1.81. The van der Waals surface area contributed by atoms with Crippen LogP contribution >= 0.6 is 11.6 Å². The largest absolute Gasteiger partial charge is 0.382 e. The Hall–Kier alpha value is -0.570. The summed E-state index contributed by atoms with van der Waals surface area (Å²) >= 11 is 5.91. The normalized spacial score (nSPS) is 12.6. The van der Waals surface area contributed by atoms with E-state index in [9.17, 15) is 0 Å². The lowest BCUT2D eigenvalue weighted by Crippen LogP contribution is -2.22. The highest BCUT2D eigenvalue weighted by molar-refractivity contribution is 6.30. The molecule has 0 spiro atoms. The van der Waals surface area contributed by atoms with Crippen molar-refractivity contribution in [1.82, 2.24) is 5.32 Å². The quantitative estimate of drug-likeness (QED) is 0.719. The Kier molecular flexibility index (Phi) is 7.25. The van der Waals surface area contributed by atoms with Crippen molar-refractivity contribution in [2.24, 2.45) is 0 Å². The SMILES string of the molecule is CCNCC(CCOCC)c1ccc(Cl)cc1. The third kappa shape index (κ3) is 5.53. The first-order chi connectivity index (χ1) is 8.27. The summed E-state index contributed by atoms with van der Waals surface area (Å²) in [5.41, 5.74) is 1.33. The molecule has 0 aliphatic heterocycles. The molecule has 1 aromatic rings. The molecule has 0 radical (unpaired) electrons. The summed E-state index contributed by atoms with van der Waals surface area (Å²) in [7, 11) is 0. The van der Waals surface area contributed by atoms with E-state index in [1.165, 1.54) is 5.56 Å². The monoisotopic (exact) mass is 255 g/mol. The summed E-state index contributed by atoms with van der Waals surface area (Å²) in [6.45, 7) is 7.75. The van der Waals surface area contributed by atoms with E-state index in [1.54, 1.807) is 0 Å². The maximum absolute atomic E-state index is 5.91. The number of halogens is 1. The fraction of sp³-hybridized carbons (Fsp3) is 0.571. The van der Waals surface area contributed by atoms with Crippen LogP contribution in [0.2, 0.25) is 5.02 Å². The smallest absolute Gasteiger partial charge is 0.0472 e. The number of hydrogen-bond donors (Lipinski definition) is 1. The lowest BCUT2D eigenvalue weighted by molar-refractivity contribution is 0.139. The third-order valence-corrected chi connectivity index (χ3v) is 3.05. The van der Waals surface area contributed by atoms with Crippen LogP contribution in [0.3, 0.4) is 0 Å². The molecule has 0 aliphatic carbocycles. The predicted molar refractivity (Wildman–Crippen MR) is 73.8 cm³/mol. The molecule has 0 bridgehead atoms. The number of rotatable bonds is 8. The average Bonchev–Trinajstić information content (AvgIpc) is 2.35. The summed E-state index contributed by atoms with van der Waals surface area (Å²) < 4.78 is 5.44. The van der Waals surface area contributed by atoms with Crippen molar-refractivity contribution in [2.75, 3.05) is 26.3 Å². The predicted octanol–water partition coefficient (Wildman–Crippen LogP) is 3.46. The van der Waals surface area contributed by atoms with Gasteiger partial charge in [-0.2, -0.15) is 0 Å². The first-order valence-electron chi connectivity index (χ1n) is 6.31. The molecule has 0 fully saturated rings. The van der Waals surface area contributed by atoms with Crippen LogP contribution in [0.4, 0.5) is 0 Å². The summed E-state index contributed by atoms with van der Waals surface area (Å²) in [6, 6.07) is 8.12. The van der Waals surface area contributed by atoms with E-state index >= 15 is 0 Å². The molecule has 0 saturated heterocycles. The highest BCUT2D eigenvalue weighted by Gasteiger charge is 2.10. The van der Waals surface area contributed by atoms with Crippen molar-refractivity contribution < 1.29 is 4.74 Å². The maximum atomic E-state index is 5.91. The molecule has 0 heterocycles. The summed E-state index contributed by atoms with van der Waals surface area (Å²) in [4.78, 5) is 0. The van der Waals surface area contributed by atoms with E-state index in [2.05, 4.69) is 24.4 Å². The van der Waals surface area contributed by atoms with E-state index < -0.39 is 0 Å². The minimum atomic E-state index is 0.499. The molecule has 1 rings (SSSR count). The first kappa shape index (κ1) is 14.5. The Balaban J connectivity index is 2.57. The molecule has 0 aromatic heterocycles. The third-order valence-electron chi connectivity index (χ3n) is 2.80. The molecule has 3 heteroatoms. The van der Waals surface area contributed by atoms with Gasteiger partial charge in [0.1, 0.15) is 0 Å². The van der Waals surface area contributed by atoms with Crippen molar-refractivity contribution in [3.63, 3.8) is 0 Å². The van der Waals surface area contributed by atoms with Gasteiger partial charge in [-0.1, -0.05) is 30.7 Å². The van der Waals surface area contributed by atoms with Gasteiger partial charge in [0.25, 0.3) is 0 Å². The lowest BCUT2D eigenvalue weighted by Gasteiger charge is -2.17. The van der Waals surface area contributed by atoms with Crippen LogP contribution < -0.4 is 5.32 Å². The average molecular weight is 256 g/mol. The van der Waals surface area contributed by atoms with Gasteiger partial charge >= 0.3 is 0 Å². The summed E-state index contributed by atoms with van der Waals surface area (Å²) in [6.07, 6.45) is 1.04. The maximum Gasteiger partial charge on any atom is 0.0472 e. The Labute approximate surface area is 109 Å². The van der Waals surface area contributed by atoms with Gasteiger partial charge in [0, 0.05) is 24.8 Å². The molecular formula is C14H22ClNO. The van der Waals surface area contributed by atoms with Gasteiger partial charge in [0.2, 0.25) is 0 Å². The summed E-state index contributed by atoms with van der Waals surface area (Å²) in [5.74, 6) is 0.499. The number of ether oxygens (including phenoxy) is 1. The van der Waals surface area contributed by atoms with Crippen LogP contribution in [0, 0.1) is 0 Å². The van der Waals surface area contributed by atoms with Crippen LogP contribution in [0.1, 0.15) is 31.7 Å². The Morgan fingerprint density at radius 1 is 1.24 bits per heavy atom. The first-order valence-corrected chi connectivity index (χ1v) is 6.69. The molecule has 0 aliphatic rings. The van der Waals surface area contributed by atoms with Crippen molar-refractivity contribution in [2.45, 2.75) is 26.2 Å². The zero-order chi connectivity index (χ0) is 12.5. The van der Waals surface area contributed by atoms with Crippen LogP contribution in [0.15, 0.2) is 24.3 Å². The molecular weight excluding hydrogens is 234 g/mol. The Morgan fingerprint density at radius 3 is 2.53 bits per heavy atom. The molecule has 1 atom stereocenters. The highest BCUT2D eigenvalue weighted by atomic mass is 35.5. The van der Waals surface area contributed by atoms with E-state index in [0.29, 0.717) is 5.92 Å². The molecule has 1 N–H and O–H groups in total. The van der Waals surface area contributed by atoms with Gasteiger partial charge in [0.05, 0.1) is 0 Å². The highest BCUT2D eigenvalue weighted by Crippen LogP contribution is 2.21. The second-order valence-electron chi connectivity index (χ2n) is 4.04. The molecule has 0 saturated carbocycles. The van der Waals surface area contributed by atoms with Gasteiger partial charge in [0.15, 0.2) is 0 Å². The molecule has 1 unspecified atom stereocenters. The number of benzene rings is 1. The van der Waals surface area contributed by atoms with Crippen molar-refractivity contribution in [3.8, 4) is 0 Å². The number of likely N-dealkylation sites (N-methyl/N-ethyl adjacent to an activating group) is 1. The zero-order valence-corrected chi connectivity index (χ0v) is 11.5. The lowest BCUT2D eigenvalue weighted by atomic mass is 9.96. The van der Waals surface area contributed by atoms with Crippen LogP contribution in [-0.2, 0) is 4.74 Å². The molecule has 17 heavy (non-hydrogen) atoms. The minimum Gasteiger partial charge on any atom is -0.382 e. The van der Waals surface area contributed by atoms with E-state index in [0.717, 1.165) is 37.7 Å². The van der Waals surface area contributed by atoms with E-state index in [4.69, 9.17) is 16.3 Å². The van der Waals surface area contributed by atoms with Gasteiger partial charge < -0.3 is 10.1 Å². The van der Waals surface area contributed by atoms with Crippen molar-refractivity contribution in [1.29, 1.82) is 0 Å². The van der Waals surface area contributed by atoms with Crippen molar-refractivity contribution >= 4 is 11.6 Å². The van der Waals surface area contributed by atoms with Gasteiger partial charge in [-0.15, -0.1) is 0 Å². The number of hydrogen-bond acceptors (Lipinski definition) is 2. The molecule has 96 valence electrons. The molecule has 2 nitrogen and oxygen atoms in total. The second kappa shape index (κ2) is 8.51. The van der Waals surface area contributed by atoms with Gasteiger partial charge in [-0.3, -0.25) is 0 Å². The van der Waals surface area contributed by atoms with Gasteiger partial charge in [-0.25, -0.2) is 0 Å². The van der Waals surface area contributed by atoms with Crippen LogP contribution in [-0.4, -0.2) is 26.3 Å². The Bertz CT molecular complexity index is 300. The van der Waals surface area contributed by atoms with E-state index in [-0.39, 0.29) is 0 Å². The summed E-state index contributed by atoms with van der Waals surface area (Å²) in [5, 5.41) is 4.19.